The van der Waals surface area contributed by atoms with Crippen LogP contribution in [-0.4, -0.2) is 32.7 Å². The number of alkyl halides is 2. The van der Waals surface area contributed by atoms with Gasteiger partial charge < -0.3 is 14.8 Å². The van der Waals surface area contributed by atoms with Crippen molar-refractivity contribution in [3.8, 4) is 11.5 Å². The number of hydrogen-bond acceptors (Lipinski definition) is 3. The van der Waals surface area contributed by atoms with Gasteiger partial charge in [0.2, 0.25) is 0 Å². The second-order valence-electron chi connectivity index (χ2n) is 3.32. The first kappa shape index (κ1) is 13.7. The number of halogens is 2. The van der Waals surface area contributed by atoms with Crippen LogP contribution >= 0.6 is 0 Å². The highest BCUT2D eigenvalue weighted by Gasteiger charge is 2.03. The molecule has 0 aromatic heterocycles. The van der Waals surface area contributed by atoms with Crippen molar-refractivity contribution in [3.05, 3.63) is 24.3 Å². The van der Waals surface area contributed by atoms with Gasteiger partial charge in [-0.3, -0.25) is 0 Å². The Kier molecular flexibility index (Phi) is 6.32. The lowest BCUT2D eigenvalue weighted by molar-refractivity contribution is 0.143. The predicted octanol–water partition coefficient (Wildman–Crippen LogP) is 2.32. The summed E-state index contributed by atoms with van der Waals surface area (Å²) >= 11 is 0. The van der Waals surface area contributed by atoms with E-state index in [-0.39, 0.29) is 6.54 Å². The zero-order chi connectivity index (χ0) is 12.5. The van der Waals surface area contributed by atoms with Crippen molar-refractivity contribution in [1.82, 2.24) is 5.32 Å². The summed E-state index contributed by atoms with van der Waals surface area (Å²) in [6, 6.07) is 7.29. The third-order valence-corrected chi connectivity index (χ3v) is 1.98. The Labute approximate surface area is 99.7 Å². The van der Waals surface area contributed by atoms with Crippen molar-refractivity contribution in [2.75, 3.05) is 26.3 Å². The van der Waals surface area contributed by atoms with Gasteiger partial charge in [0.05, 0.1) is 13.2 Å². The number of para-hydroxylation sites is 2. The molecule has 0 atom stereocenters. The fourth-order valence-corrected chi connectivity index (χ4v) is 1.29. The number of ether oxygens (including phenoxy) is 2. The van der Waals surface area contributed by atoms with E-state index < -0.39 is 6.43 Å². The van der Waals surface area contributed by atoms with E-state index in [1.807, 2.05) is 25.1 Å². The molecule has 0 aliphatic rings. The SMILES string of the molecule is CCOc1ccccc1OCCNCC(F)F. The smallest absolute Gasteiger partial charge is 0.250 e. The topological polar surface area (TPSA) is 30.5 Å². The molecule has 0 aliphatic carbocycles. The van der Waals surface area contributed by atoms with E-state index in [0.717, 1.165) is 0 Å². The Morgan fingerprint density at radius 1 is 1.18 bits per heavy atom. The molecular weight excluding hydrogens is 228 g/mol. The van der Waals surface area contributed by atoms with Gasteiger partial charge in [-0.05, 0) is 19.1 Å². The normalized spacial score (nSPS) is 10.6. The summed E-state index contributed by atoms with van der Waals surface area (Å²) in [4.78, 5) is 0. The lowest BCUT2D eigenvalue weighted by Gasteiger charge is -2.11. The maximum absolute atomic E-state index is 11.8. The third kappa shape index (κ3) is 5.49. The predicted molar refractivity (Wildman–Crippen MR) is 62.0 cm³/mol. The van der Waals surface area contributed by atoms with E-state index in [1.54, 1.807) is 6.07 Å². The molecule has 3 nitrogen and oxygen atoms in total. The van der Waals surface area contributed by atoms with Gasteiger partial charge in [-0.25, -0.2) is 8.78 Å². The first-order chi connectivity index (χ1) is 8.24. The molecule has 0 saturated carbocycles. The minimum absolute atomic E-state index is 0.309. The van der Waals surface area contributed by atoms with Crippen LogP contribution in [0.5, 0.6) is 11.5 Å². The summed E-state index contributed by atoms with van der Waals surface area (Å²) in [7, 11) is 0. The fraction of sp³-hybridized carbons (Fsp3) is 0.500. The van der Waals surface area contributed by atoms with Crippen molar-refractivity contribution in [2.24, 2.45) is 0 Å². The van der Waals surface area contributed by atoms with Gasteiger partial charge >= 0.3 is 0 Å². The highest BCUT2D eigenvalue weighted by atomic mass is 19.3. The van der Waals surface area contributed by atoms with Crippen molar-refractivity contribution >= 4 is 0 Å². The van der Waals surface area contributed by atoms with Gasteiger partial charge in [0.15, 0.2) is 11.5 Å². The van der Waals surface area contributed by atoms with Crippen LogP contribution < -0.4 is 14.8 Å². The Morgan fingerprint density at radius 3 is 2.41 bits per heavy atom. The van der Waals surface area contributed by atoms with Crippen LogP contribution in [0.15, 0.2) is 24.3 Å². The molecule has 1 aromatic rings. The molecule has 96 valence electrons. The molecular formula is C12H17F2NO2. The summed E-state index contributed by atoms with van der Waals surface area (Å²) in [6.45, 7) is 2.85. The van der Waals surface area contributed by atoms with E-state index in [2.05, 4.69) is 5.32 Å². The van der Waals surface area contributed by atoms with Crippen LogP contribution in [0, 0.1) is 0 Å². The molecule has 1 aromatic carbocycles. The van der Waals surface area contributed by atoms with Crippen molar-refractivity contribution in [1.29, 1.82) is 0 Å². The molecule has 0 heterocycles. The lowest BCUT2D eigenvalue weighted by Crippen LogP contribution is -2.26. The highest BCUT2D eigenvalue weighted by Crippen LogP contribution is 2.25. The second-order valence-corrected chi connectivity index (χ2v) is 3.32. The molecule has 0 fully saturated rings. The van der Waals surface area contributed by atoms with Crippen LogP contribution in [0.25, 0.3) is 0 Å². The molecule has 1 rings (SSSR count). The molecule has 0 bridgehead atoms. The molecule has 0 amide bonds. The summed E-state index contributed by atoms with van der Waals surface area (Å²) in [5.41, 5.74) is 0. The van der Waals surface area contributed by atoms with E-state index >= 15 is 0 Å². The zero-order valence-electron chi connectivity index (χ0n) is 9.79. The van der Waals surface area contributed by atoms with Crippen LogP contribution in [-0.2, 0) is 0 Å². The third-order valence-electron chi connectivity index (χ3n) is 1.98. The molecule has 0 unspecified atom stereocenters. The fourth-order valence-electron chi connectivity index (χ4n) is 1.29. The minimum Gasteiger partial charge on any atom is -0.490 e. The molecule has 5 heteroatoms. The molecule has 0 saturated heterocycles. The summed E-state index contributed by atoms with van der Waals surface area (Å²) in [6.07, 6.45) is -2.33. The maximum atomic E-state index is 11.8. The maximum Gasteiger partial charge on any atom is 0.250 e. The van der Waals surface area contributed by atoms with Gasteiger partial charge in [0.1, 0.15) is 6.61 Å². The molecule has 0 spiro atoms. The number of benzene rings is 1. The first-order valence-corrected chi connectivity index (χ1v) is 5.57. The summed E-state index contributed by atoms with van der Waals surface area (Å²) in [5.74, 6) is 1.30. The highest BCUT2D eigenvalue weighted by molar-refractivity contribution is 5.39. The van der Waals surface area contributed by atoms with Crippen LogP contribution in [0.4, 0.5) is 8.78 Å². The van der Waals surface area contributed by atoms with Crippen LogP contribution in [0.3, 0.4) is 0 Å². The lowest BCUT2D eigenvalue weighted by atomic mass is 10.3. The van der Waals surface area contributed by atoms with Gasteiger partial charge in [0.25, 0.3) is 6.43 Å². The molecule has 17 heavy (non-hydrogen) atoms. The van der Waals surface area contributed by atoms with Gasteiger partial charge in [-0.2, -0.15) is 0 Å². The largest absolute Gasteiger partial charge is 0.490 e. The van der Waals surface area contributed by atoms with Crippen molar-refractivity contribution in [2.45, 2.75) is 13.3 Å². The Balaban J connectivity index is 2.30. The standard InChI is InChI=1S/C12H17F2NO2/c1-2-16-10-5-3-4-6-11(10)17-8-7-15-9-12(13)14/h3-6,12,15H,2,7-9H2,1H3. The Hall–Kier alpha value is -1.36. The first-order valence-electron chi connectivity index (χ1n) is 5.57. The quantitative estimate of drug-likeness (QED) is 0.713. The monoisotopic (exact) mass is 245 g/mol. The van der Waals surface area contributed by atoms with Crippen LogP contribution in [0.2, 0.25) is 0 Å². The minimum atomic E-state index is -2.33. The molecule has 1 N–H and O–H groups in total. The number of rotatable bonds is 8. The van der Waals surface area contributed by atoms with E-state index in [1.165, 1.54) is 0 Å². The average molecular weight is 245 g/mol. The van der Waals surface area contributed by atoms with Gasteiger partial charge in [0, 0.05) is 6.54 Å². The van der Waals surface area contributed by atoms with Crippen molar-refractivity contribution in [3.63, 3.8) is 0 Å². The van der Waals surface area contributed by atoms with E-state index in [0.29, 0.717) is 31.3 Å². The number of nitrogens with one attached hydrogen (secondary N) is 1. The van der Waals surface area contributed by atoms with E-state index in [9.17, 15) is 8.78 Å². The van der Waals surface area contributed by atoms with E-state index in [4.69, 9.17) is 9.47 Å². The van der Waals surface area contributed by atoms with Crippen molar-refractivity contribution < 1.29 is 18.3 Å². The zero-order valence-corrected chi connectivity index (χ0v) is 9.79. The summed E-state index contributed by atoms with van der Waals surface area (Å²) in [5, 5.41) is 2.59. The summed E-state index contributed by atoms with van der Waals surface area (Å²) < 4.78 is 34.5. The number of hydrogen-bond donors (Lipinski definition) is 1. The van der Waals surface area contributed by atoms with Gasteiger partial charge in [-0.15, -0.1) is 0 Å². The second kappa shape index (κ2) is 7.84. The average Bonchev–Trinajstić information content (AvgIpc) is 2.31. The van der Waals surface area contributed by atoms with Crippen LogP contribution in [0.1, 0.15) is 6.92 Å². The Morgan fingerprint density at radius 2 is 1.82 bits per heavy atom. The Bertz CT molecular complexity index is 321. The molecule has 0 aliphatic heterocycles. The van der Waals surface area contributed by atoms with Gasteiger partial charge in [-0.1, -0.05) is 12.1 Å². The molecule has 0 radical (unpaired) electrons.